The molecule has 1 aromatic rings. The van der Waals surface area contributed by atoms with Crippen molar-refractivity contribution >= 4 is 23.4 Å². The molecular weight excluding hydrogens is 236 g/mol. The van der Waals surface area contributed by atoms with E-state index in [1.54, 1.807) is 6.20 Å². The molecule has 1 N–H and O–H groups in total. The Hall–Kier alpha value is -1.03. The minimum atomic E-state index is 0.489. The van der Waals surface area contributed by atoms with Crippen molar-refractivity contribution in [1.82, 2.24) is 9.97 Å². The van der Waals surface area contributed by atoms with Crippen LogP contribution in [0.25, 0.3) is 0 Å². The second-order valence-electron chi connectivity index (χ2n) is 4.80. The molecule has 5 heteroatoms. The lowest BCUT2D eigenvalue weighted by Crippen LogP contribution is -2.41. The van der Waals surface area contributed by atoms with Gasteiger partial charge in [0.1, 0.15) is 5.02 Å². The largest absolute Gasteiger partial charge is 0.357 e. The Morgan fingerprint density at radius 1 is 1.41 bits per heavy atom. The van der Waals surface area contributed by atoms with E-state index < -0.39 is 0 Å². The first-order valence-corrected chi connectivity index (χ1v) is 6.46. The van der Waals surface area contributed by atoms with Crippen molar-refractivity contribution in [3.05, 3.63) is 11.2 Å². The van der Waals surface area contributed by atoms with Crippen molar-refractivity contribution in [1.29, 1.82) is 0 Å². The van der Waals surface area contributed by atoms with E-state index in [-0.39, 0.29) is 0 Å². The Morgan fingerprint density at radius 3 is 2.88 bits per heavy atom. The fourth-order valence-corrected chi connectivity index (χ4v) is 2.46. The zero-order valence-electron chi connectivity index (χ0n) is 10.6. The molecule has 4 nitrogen and oxygen atoms in total. The van der Waals surface area contributed by atoms with Gasteiger partial charge in [0.25, 0.3) is 0 Å². The third-order valence-corrected chi connectivity index (χ3v) is 3.61. The topological polar surface area (TPSA) is 41.1 Å². The maximum absolute atomic E-state index is 6.21. The molecule has 2 rings (SSSR count). The molecule has 0 radical (unpaired) electrons. The maximum Gasteiger partial charge on any atom is 0.224 e. The first-order valence-electron chi connectivity index (χ1n) is 6.08. The lowest BCUT2D eigenvalue weighted by atomic mass is 9.95. The molecule has 0 saturated carbocycles. The maximum atomic E-state index is 6.21. The highest BCUT2D eigenvalue weighted by Crippen LogP contribution is 2.31. The molecule has 0 bridgehead atoms. The lowest BCUT2D eigenvalue weighted by Gasteiger charge is -2.38. The van der Waals surface area contributed by atoms with Gasteiger partial charge in [0, 0.05) is 19.6 Å². The fraction of sp³-hybridized carbons (Fsp3) is 0.667. The molecule has 0 amide bonds. The Bertz CT molecular complexity index is 396. The van der Waals surface area contributed by atoms with Crippen LogP contribution in [0.15, 0.2) is 6.20 Å². The molecule has 1 aliphatic heterocycles. The molecule has 1 aliphatic rings. The van der Waals surface area contributed by atoms with E-state index in [4.69, 9.17) is 11.6 Å². The number of nitrogens with zero attached hydrogens (tertiary/aromatic N) is 3. The van der Waals surface area contributed by atoms with Crippen molar-refractivity contribution in [3.8, 4) is 0 Å². The summed E-state index contributed by atoms with van der Waals surface area (Å²) >= 11 is 6.21. The minimum Gasteiger partial charge on any atom is -0.357 e. The van der Waals surface area contributed by atoms with Crippen LogP contribution in [0.2, 0.25) is 5.02 Å². The molecular formula is C12H19ClN4. The first-order chi connectivity index (χ1) is 8.11. The predicted molar refractivity (Wildman–Crippen MR) is 71.8 cm³/mol. The van der Waals surface area contributed by atoms with Crippen LogP contribution in [0.4, 0.5) is 11.8 Å². The zero-order valence-corrected chi connectivity index (χ0v) is 11.3. The van der Waals surface area contributed by atoms with Crippen LogP contribution >= 0.6 is 11.6 Å². The van der Waals surface area contributed by atoms with Gasteiger partial charge in [-0.05, 0) is 25.7 Å². The highest BCUT2D eigenvalue weighted by Gasteiger charge is 2.25. The number of nitrogens with one attached hydrogen (secondary N) is 1. The number of anilines is 2. The summed E-state index contributed by atoms with van der Waals surface area (Å²) in [7, 11) is 1.81. The molecule has 0 spiro atoms. The summed E-state index contributed by atoms with van der Waals surface area (Å²) in [5.41, 5.74) is 0. The standard InChI is InChI=1S/C12H19ClN4/c1-8-4-5-9(2)17(7-8)11-10(13)6-15-12(14-3)16-11/h6,8-9H,4-5,7H2,1-3H3,(H,14,15,16). The van der Waals surface area contributed by atoms with E-state index >= 15 is 0 Å². The van der Waals surface area contributed by atoms with Gasteiger partial charge in [0.05, 0.1) is 6.20 Å². The molecule has 2 atom stereocenters. The van der Waals surface area contributed by atoms with Gasteiger partial charge in [-0.15, -0.1) is 0 Å². The summed E-state index contributed by atoms with van der Waals surface area (Å²) in [5, 5.41) is 3.58. The van der Waals surface area contributed by atoms with Crippen molar-refractivity contribution in [2.45, 2.75) is 32.7 Å². The molecule has 1 aromatic heterocycles. The van der Waals surface area contributed by atoms with Crippen molar-refractivity contribution < 1.29 is 0 Å². The van der Waals surface area contributed by atoms with E-state index in [2.05, 4.69) is 34.0 Å². The predicted octanol–water partition coefficient (Wildman–Crippen LogP) is 2.80. The average molecular weight is 255 g/mol. The van der Waals surface area contributed by atoms with Crippen molar-refractivity contribution in [2.75, 3.05) is 23.8 Å². The van der Waals surface area contributed by atoms with Gasteiger partial charge in [-0.2, -0.15) is 4.98 Å². The van der Waals surface area contributed by atoms with Crippen LogP contribution in [0.3, 0.4) is 0 Å². The molecule has 94 valence electrons. The van der Waals surface area contributed by atoms with Crippen molar-refractivity contribution in [3.63, 3.8) is 0 Å². The third kappa shape index (κ3) is 2.63. The van der Waals surface area contributed by atoms with E-state index in [0.29, 0.717) is 22.9 Å². The minimum absolute atomic E-state index is 0.489. The van der Waals surface area contributed by atoms with Gasteiger partial charge in [-0.1, -0.05) is 18.5 Å². The summed E-state index contributed by atoms with van der Waals surface area (Å²) in [6.45, 7) is 5.51. The summed E-state index contributed by atoms with van der Waals surface area (Å²) in [4.78, 5) is 10.9. The van der Waals surface area contributed by atoms with E-state index in [1.807, 2.05) is 7.05 Å². The second-order valence-corrected chi connectivity index (χ2v) is 5.21. The fourth-order valence-electron chi connectivity index (χ4n) is 2.26. The normalized spacial score (nSPS) is 24.8. The quantitative estimate of drug-likeness (QED) is 0.881. The number of hydrogen-bond donors (Lipinski definition) is 1. The number of rotatable bonds is 2. The number of halogens is 1. The molecule has 2 unspecified atom stereocenters. The molecule has 2 heterocycles. The molecule has 0 aromatic carbocycles. The number of hydrogen-bond acceptors (Lipinski definition) is 4. The van der Waals surface area contributed by atoms with E-state index in [0.717, 1.165) is 12.4 Å². The van der Waals surface area contributed by atoms with Crippen LogP contribution in [-0.2, 0) is 0 Å². The summed E-state index contributed by atoms with van der Waals surface area (Å²) in [6, 6.07) is 0.489. The van der Waals surface area contributed by atoms with Gasteiger partial charge >= 0.3 is 0 Å². The van der Waals surface area contributed by atoms with Gasteiger partial charge in [-0.3, -0.25) is 0 Å². The Kier molecular flexibility index (Phi) is 3.72. The van der Waals surface area contributed by atoms with E-state index in [1.165, 1.54) is 12.8 Å². The van der Waals surface area contributed by atoms with Crippen LogP contribution in [0.1, 0.15) is 26.7 Å². The highest BCUT2D eigenvalue weighted by molar-refractivity contribution is 6.32. The highest BCUT2D eigenvalue weighted by atomic mass is 35.5. The van der Waals surface area contributed by atoms with Gasteiger partial charge < -0.3 is 10.2 Å². The van der Waals surface area contributed by atoms with Gasteiger partial charge in [0.15, 0.2) is 5.82 Å². The Balaban J connectivity index is 2.30. The summed E-state index contributed by atoms with van der Waals surface area (Å²) in [6.07, 6.45) is 4.14. The average Bonchev–Trinajstić information content (AvgIpc) is 2.33. The SMILES string of the molecule is CNc1ncc(Cl)c(N2CC(C)CCC2C)n1. The first kappa shape index (κ1) is 12.4. The van der Waals surface area contributed by atoms with Gasteiger partial charge in [0.2, 0.25) is 5.95 Å². The van der Waals surface area contributed by atoms with Gasteiger partial charge in [-0.25, -0.2) is 4.98 Å². The summed E-state index contributed by atoms with van der Waals surface area (Å²) in [5.74, 6) is 2.16. The third-order valence-electron chi connectivity index (χ3n) is 3.34. The van der Waals surface area contributed by atoms with E-state index in [9.17, 15) is 0 Å². The molecule has 1 saturated heterocycles. The zero-order chi connectivity index (χ0) is 12.4. The van der Waals surface area contributed by atoms with Crippen LogP contribution in [0.5, 0.6) is 0 Å². The molecule has 17 heavy (non-hydrogen) atoms. The smallest absolute Gasteiger partial charge is 0.224 e. The monoisotopic (exact) mass is 254 g/mol. The molecule has 0 aliphatic carbocycles. The number of aromatic nitrogens is 2. The van der Waals surface area contributed by atoms with Crippen molar-refractivity contribution in [2.24, 2.45) is 5.92 Å². The lowest BCUT2D eigenvalue weighted by molar-refractivity contribution is 0.388. The second kappa shape index (κ2) is 5.08. The Labute approximate surface area is 107 Å². The van der Waals surface area contributed by atoms with Crippen LogP contribution in [-0.4, -0.2) is 29.6 Å². The molecule has 1 fully saturated rings. The van der Waals surface area contributed by atoms with Crippen LogP contribution < -0.4 is 10.2 Å². The summed E-state index contributed by atoms with van der Waals surface area (Å²) < 4.78 is 0. The number of piperidine rings is 1. The van der Waals surface area contributed by atoms with Crippen LogP contribution in [0, 0.1) is 5.92 Å². The Morgan fingerprint density at radius 2 is 2.18 bits per heavy atom.